The van der Waals surface area contributed by atoms with E-state index >= 15 is 0 Å². The number of benzene rings is 1. The molecule has 4 N–H and O–H groups in total. The number of H-pyrrole nitrogens is 1. The zero-order valence-electron chi connectivity index (χ0n) is 20.6. The predicted octanol–water partition coefficient (Wildman–Crippen LogP) is 2.13. The average molecular weight is 507 g/mol. The third-order valence-corrected chi connectivity index (χ3v) is 5.27. The fourth-order valence-electron chi connectivity index (χ4n) is 3.47. The first kappa shape index (κ1) is 27.1. The Morgan fingerprint density at radius 2 is 1.70 bits per heavy atom. The van der Waals surface area contributed by atoms with Crippen molar-refractivity contribution in [3.05, 3.63) is 84.2 Å². The Labute approximate surface area is 214 Å². The van der Waals surface area contributed by atoms with E-state index in [0.717, 1.165) is 5.56 Å². The van der Waals surface area contributed by atoms with Gasteiger partial charge in [0.15, 0.2) is 0 Å². The number of ether oxygens (including phenoxy) is 1. The molecule has 2 atom stereocenters. The minimum Gasteiger partial charge on any atom is -0.445 e. The van der Waals surface area contributed by atoms with E-state index in [9.17, 15) is 19.2 Å². The molecule has 0 saturated heterocycles. The first-order chi connectivity index (χ1) is 17.8. The summed E-state index contributed by atoms with van der Waals surface area (Å²) in [6.07, 6.45) is 3.98. The van der Waals surface area contributed by atoms with Crippen molar-refractivity contribution in [3.63, 3.8) is 0 Å². The monoisotopic (exact) mass is 506 g/mol. The molecule has 0 saturated carbocycles. The van der Waals surface area contributed by atoms with Gasteiger partial charge in [0, 0.05) is 24.5 Å². The van der Waals surface area contributed by atoms with Crippen LogP contribution in [0, 0.1) is 5.92 Å². The minimum atomic E-state index is -1.07. The Hall–Kier alpha value is -4.54. The number of carbonyl (C=O) groups excluding carboxylic acids is 4. The van der Waals surface area contributed by atoms with Crippen molar-refractivity contribution in [2.75, 3.05) is 0 Å². The predicted molar refractivity (Wildman–Crippen MR) is 134 cm³/mol. The van der Waals surface area contributed by atoms with Gasteiger partial charge in [0.1, 0.15) is 24.4 Å². The zero-order chi connectivity index (χ0) is 26.6. The highest BCUT2D eigenvalue weighted by atomic mass is 16.5. The van der Waals surface area contributed by atoms with Crippen LogP contribution in [-0.4, -0.2) is 50.9 Å². The van der Waals surface area contributed by atoms with Gasteiger partial charge in [-0.15, -0.1) is 0 Å². The van der Waals surface area contributed by atoms with Crippen LogP contribution in [0.1, 0.15) is 42.0 Å². The normalized spacial score (nSPS) is 12.3. The Morgan fingerprint density at radius 1 is 0.946 bits per heavy atom. The summed E-state index contributed by atoms with van der Waals surface area (Å²) in [6, 6.07) is 11.8. The van der Waals surface area contributed by atoms with Crippen LogP contribution in [0.2, 0.25) is 0 Å². The van der Waals surface area contributed by atoms with Crippen LogP contribution in [0.4, 0.5) is 4.79 Å². The van der Waals surface area contributed by atoms with Crippen LogP contribution < -0.4 is 16.0 Å². The van der Waals surface area contributed by atoms with Crippen molar-refractivity contribution in [2.45, 2.75) is 45.4 Å². The molecule has 0 aliphatic carbocycles. The maximum Gasteiger partial charge on any atom is 0.408 e. The summed E-state index contributed by atoms with van der Waals surface area (Å²) in [4.78, 5) is 61.8. The van der Waals surface area contributed by atoms with E-state index in [-0.39, 0.29) is 31.1 Å². The number of amides is 4. The zero-order valence-corrected chi connectivity index (χ0v) is 20.6. The van der Waals surface area contributed by atoms with Crippen LogP contribution in [0.5, 0.6) is 0 Å². The molecule has 0 fully saturated rings. The number of hydrogen-bond donors (Lipinski definition) is 4. The molecule has 194 valence electrons. The number of alkyl carbamates (subject to hydrolysis) is 1. The van der Waals surface area contributed by atoms with Crippen molar-refractivity contribution in [1.29, 1.82) is 0 Å². The Kier molecular flexibility index (Phi) is 9.89. The minimum absolute atomic E-state index is 0.0239. The summed E-state index contributed by atoms with van der Waals surface area (Å²) in [5.74, 6) is -1.94. The van der Waals surface area contributed by atoms with E-state index in [4.69, 9.17) is 4.74 Å². The van der Waals surface area contributed by atoms with Gasteiger partial charge in [0.05, 0.1) is 6.33 Å². The van der Waals surface area contributed by atoms with Crippen LogP contribution in [0.3, 0.4) is 0 Å². The number of imide groups is 1. The lowest BCUT2D eigenvalue weighted by Crippen LogP contribution is -2.55. The fraction of sp³-hybridized carbons (Fsp3) is 0.308. The van der Waals surface area contributed by atoms with Crippen LogP contribution >= 0.6 is 0 Å². The third kappa shape index (κ3) is 8.88. The number of aromatic nitrogens is 3. The summed E-state index contributed by atoms with van der Waals surface area (Å²) in [7, 11) is 0. The second-order valence-electron chi connectivity index (χ2n) is 8.76. The summed E-state index contributed by atoms with van der Waals surface area (Å²) >= 11 is 0. The second-order valence-corrected chi connectivity index (χ2v) is 8.76. The van der Waals surface area contributed by atoms with Gasteiger partial charge < -0.3 is 20.4 Å². The summed E-state index contributed by atoms with van der Waals surface area (Å²) in [5.41, 5.74) is 1.46. The molecule has 11 nitrogen and oxygen atoms in total. The number of aromatic amines is 1. The summed E-state index contributed by atoms with van der Waals surface area (Å²) in [5, 5.41) is 7.52. The standard InChI is InChI=1S/C26H30N6O5/c1-17(2)12-21(25(35)32-23(33)20-10-6-7-11-28-20)30-24(34)22(13-19-14-27-16-29-19)31-26(36)37-15-18-8-4-3-5-9-18/h3-11,14,16-17,21-22H,12-13,15H2,1-2H3,(H,27,29)(H,30,34)(H,31,36)(H,32,33,35)/t21-,22-/m0/s1. The molecular weight excluding hydrogens is 476 g/mol. The molecule has 37 heavy (non-hydrogen) atoms. The first-order valence-corrected chi connectivity index (χ1v) is 11.8. The number of imidazole rings is 1. The molecule has 0 aliphatic rings. The lowest BCUT2D eigenvalue weighted by molar-refractivity contribution is -0.129. The number of hydrogen-bond acceptors (Lipinski definition) is 7. The topological polar surface area (TPSA) is 155 Å². The van der Waals surface area contributed by atoms with Gasteiger partial charge in [-0.25, -0.2) is 9.78 Å². The van der Waals surface area contributed by atoms with Crippen LogP contribution in [0.25, 0.3) is 0 Å². The van der Waals surface area contributed by atoms with E-state index in [2.05, 4.69) is 30.9 Å². The molecule has 0 unspecified atom stereocenters. The number of nitrogens with zero attached hydrogens (tertiary/aromatic N) is 2. The van der Waals surface area contributed by atoms with E-state index in [1.807, 2.05) is 44.2 Å². The smallest absolute Gasteiger partial charge is 0.408 e. The molecule has 2 aromatic heterocycles. The maximum absolute atomic E-state index is 13.2. The largest absolute Gasteiger partial charge is 0.445 e. The molecule has 0 spiro atoms. The molecule has 11 heteroatoms. The highest BCUT2D eigenvalue weighted by molar-refractivity contribution is 6.06. The van der Waals surface area contributed by atoms with Crippen LogP contribution in [-0.2, 0) is 27.4 Å². The SMILES string of the molecule is CC(C)C[C@H](NC(=O)[C@H](Cc1cnc[nH]1)NC(=O)OCc1ccccc1)C(=O)NC(=O)c1ccccn1. The van der Waals surface area contributed by atoms with Crippen molar-refractivity contribution in [2.24, 2.45) is 5.92 Å². The van der Waals surface area contributed by atoms with Crippen molar-refractivity contribution in [1.82, 2.24) is 30.9 Å². The Balaban J connectivity index is 1.68. The molecule has 0 bridgehead atoms. The quantitative estimate of drug-likeness (QED) is 0.310. The first-order valence-electron chi connectivity index (χ1n) is 11.8. The number of carbonyl (C=O) groups is 4. The molecule has 1 aromatic carbocycles. The molecule has 4 amide bonds. The highest BCUT2D eigenvalue weighted by Crippen LogP contribution is 2.08. The van der Waals surface area contributed by atoms with Crippen molar-refractivity contribution in [3.8, 4) is 0 Å². The van der Waals surface area contributed by atoms with Gasteiger partial charge in [-0.2, -0.15) is 0 Å². The van der Waals surface area contributed by atoms with E-state index in [1.165, 1.54) is 24.8 Å². The lowest BCUT2D eigenvalue weighted by Gasteiger charge is -2.23. The van der Waals surface area contributed by atoms with Gasteiger partial charge in [0.2, 0.25) is 11.8 Å². The van der Waals surface area contributed by atoms with E-state index < -0.39 is 35.9 Å². The van der Waals surface area contributed by atoms with E-state index in [1.54, 1.807) is 12.1 Å². The van der Waals surface area contributed by atoms with Gasteiger partial charge in [-0.05, 0) is 30.0 Å². The van der Waals surface area contributed by atoms with Gasteiger partial charge >= 0.3 is 6.09 Å². The maximum atomic E-state index is 13.2. The van der Waals surface area contributed by atoms with Crippen molar-refractivity contribution < 1.29 is 23.9 Å². The Morgan fingerprint density at radius 3 is 2.35 bits per heavy atom. The average Bonchev–Trinajstić information content (AvgIpc) is 3.40. The second kappa shape index (κ2) is 13.5. The molecule has 0 radical (unpaired) electrons. The lowest BCUT2D eigenvalue weighted by atomic mass is 10.0. The molecule has 0 aliphatic heterocycles. The Bertz CT molecular complexity index is 1170. The summed E-state index contributed by atoms with van der Waals surface area (Å²) in [6.45, 7) is 3.79. The van der Waals surface area contributed by atoms with Crippen LogP contribution in [0.15, 0.2) is 67.3 Å². The molecule has 3 aromatic rings. The van der Waals surface area contributed by atoms with Gasteiger partial charge in [0.25, 0.3) is 5.91 Å². The summed E-state index contributed by atoms with van der Waals surface area (Å²) < 4.78 is 5.26. The number of nitrogens with one attached hydrogen (secondary N) is 4. The van der Waals surface area contributed by atoms with Crippen molar-refractivity contribution >= 4 is 23.8 Å². The molecule has 2 heterocycles. The van der Waals surface area contributed by atoms with Gasteiger partial charge in [-0.1, -0.05) is 50.2 Å². The number of rotatable bonds is 11. The van der Waals surface area contributed by atoms with Gasteiger partial charge in [-0.3, -0.25) is 24.7 Å². The van der Waals surface area contributed by atoms with E-state index in [0.29, 0.717) is 5.69 Å². The number of pyridine rings is 1. The molecule has 3 rings (SSSR count). The molecular formula is C26H30N6O5. The third-order valence-electron chi connectivity index (χ3n) is 5.27. The fourth-order valence-corrected chi connectivity index (χ4v) is 3.47. The highest BCUT2D eigenvalue weighted by Gasteiger charge is 2.29.